The van der Waals surface area contributed by atoms with Crippen LogP contribution in [0, 0.1) is 0 Å². The summed E-state index contributed by atoms with van der Waals surface area (Å²) in [6, 6.07) is 0. The molecule has 82 valence electrons. The molecule has 4 nitrogen and oxygen atoms in total. The second-order valence-corrected chi connectivity index (χ2v) is 5.94. The zero-order valence-corrected chi connectivity index (χ0v) is 9.26. The lowest BCUT2D eigenvalue weighted by molar-refractivity contribution is 0.0876. The van der Waals surface area contributed by atoms with Crippen LogP contribution in [0.4, 0.5) is 0 Å². The highest BCUT2D eigenvalue weighted by atomic mass is 32.2. The van der Waals surface area contributed by atoms with Gasteiger partial charge in [-0.25, -0.2) is 8.42 Å². The van der Waals surface area contributed by atoms with Crippen LogP contribution < -0.4 is 0 Å². The quantitative estimate of drug-likeness (QED) is 0.726. The summed E-state index contributed by atoms with van der Waals surface area (Å²) in [5.74, 6) is 0. The molecule has 1 rings (SSSR count). The van der Waals surface area contributed by atoms with E-state index in [9.17, 15) is 13.5 Å². The van der Waals surface area contributed by atoms with Crippen LogP contribution in [0.1, 0.15) is 12.8 Å². The van der Waals surface area contributed by atoms with Crippen molar-refractivity contribution in [3.05, 3.63) is 11.5 Å². The van der Waals surface area contributed by atoms with Gasteiger partial charge in [-0.05, 0) is 12.8 Å². The molecule has 0 aliphatic carbocycles. The Hall–Kier alpha value is -0.390. The first kappa shape index (κ1) is 11.7. The first-order valence-corrected chi connectivity index (χ1v) is 6.57. The minimum absolute atomic E-state index is 0.224. The Morgan fingerprint density at radius 2 is 2.00 bits per heavy atom. The molecule has 0 radical (unpaired) electrons. The molecule has 1 N–H and O–H groups in total. The molecule has 1 aliphatic rings. The molecule has 1 saturated heterocycles. The number of nitrogens with zero attached hydrogens (tertiary/aromatic N) is 1. The number of aliphatic hydroxyl groups is 1. The predicted octanol–water partition coefficient (Wildman–Crippen LogP) is 0.00140. The van der Waals surface area contributed by atoms with Crippen molar-refractivity contribution in [2.45, 2.75) is 18.9 Å². The summed E-state index contributed by atoms with van der Waals surface area (Å²) >= 11 is 0. The van der Waals surface area contributed by atoms with E-state index in [4.69, 9.17) is 0 Å². The summed E-state index contributed by atoms with van der Waals surface area (Å²) in [4.78, 5) is 2.27. The third kappa shape index (κ3) is 3.40. The summed E-state index contributed by atoms with van der Waals surface area (Å²) in [6.45, 7) is 5.43. The number of piperidine rings is 1. The van der Waals surface area contributed by atoms with Crippen molar-refractivity contribution >= 4 is 9.84 Å². The lowest BCUT2D eigenvalue weighted by Crippen LogP contribution is -2.37. The first-order valence-electron chi connectivity index (χ1n) is 4.68. The van der Waals surface area contributed by atoms with Crippen LogP contribution in [0.5, 0.6) is 0 Å². The van der Waals surface area contributed by atoms with Gasteiger partial charge in [0.1, 0.15) is 0 Å². The van der Waals surface area contributed by atoms with Gasteiger partial charge in [-0.2, -0.15) is 0 Å². The van der Waals surface area contributed by atoms with Gasteiger partial charge in [-0.3, -0.25) is 4.90 Å². The Balaban J connectivity index is 2.43. The van der Waals surface area contributed by atoms with E-state index in [-0.39, 0.29) is 11.0 Å². The normalized spacial score (nSPS) is 21.0. The Labute approximate surface area is 85.1 Å². The molecule has 0 aromatic rings. The lowest BCUT2D eigenvalue weighted by Gasteiger charge is -2.29. The van der Waals surface area contributed by atoms with Crippen molar-refractivity contribution in [3.63, 3.8) is 0 Å². The van der Waals surface area contributed by atoms with Gasteiger partial charge in [0.2, 0.25) is 0 Å². The van der Waals surface area contributed by atoms with Crippen molar-refractivity contribution in [2.24, 2.45) is 0 Å². The van der Waals surface area contributed by atoms with Crippen molar-refractivity contribution in [3.8, 4) is 0 Å². The molecule has 0 aromatic heterocycles. The van der Waals surface area contributed by atoms with Crippen LogP contribution in [0.25, 0.3) is 0 Å². The maximum Gasteiger partial charge on any atom is 0.172 e. The van der Waals surface area contributed by atoms with Gasteiger partial charge in [-0.1, -0.05) is 6.58 Å². The van der Waals surface area contributed by atoms with Crippen molar-refractivity contribution in [1.82, 2.24) is 4.90 Å². The third-order valence-corrected chi connectivity index (χ3v) is 3.66. The lowest BCUT2D eigenvalue weighted by atomic mass is 10.1. The number of hydrogen-bond acceptors (Lipinski definition) is 4. The second-order valence-electron chi connectivity index (χ2n) is 3.82. The van der Waals surface area contributed by atoms with Crippen molar-refractivity contribution in [1.29, 1.82) is 0 Å². The molecule has 0 aromatic carbocycles. The van der Waals surface area contributed by atoms with Gasteiger partial charge in [0.25, 0.3) is 0 Å². The Kier molecular flexibility index (Phi) is 3.69. The van der Waals surface area contributed by atoms with Gasteiger partial charge >= 0.3 is 0 Å². The fourth-order valence-electron chi connectivity index (χ4n) is 1.44. The summed E-state index contributed by atoms with van der Waals surface area (Å²) in [7, 11) is -3.11. The van der Waals surface area contributed by atoms with Crippen LogP contribution in [-0.4, -0.2) is 50.4 Å². The Morgan fingerprint density at radius 3 is 2.43 bits per heavy atom. The molecular weight excluding hydrogens is 202 g/mol. The van der Waals surface area contributed by atoms with Crippen LogP contribution in [0.2, 0.25) is 0 Å². The molecule has 1 aliphatic heterocycles. The Bertz CT molecular complexity index is 302. The van der Waals surface area contributed by atoms with E-state index in [2.05, 4.69) is 6.58 Å². The average molecular weight is 219 g/mol. The zero-order chi connectivity index (χ0) is 10.8. The summed E-state index contributed by atoms with van der Waals surface area (Å²) in [6.07, 6.45) is 2.39. The van der Waals surface area contributed by atoms with E-state index >= 15 is 0 Å². The fraction of sp³-hybridized carbons (Fsp3) is 0.778. The van der Waals surface area contributed by atoms with Crippen LogP contribution in [-0.2, 0) is 9.84 Å². The molecule has 5 heteroatoms. The highest BCUT2D eigenvalue weighted by Crippen LogP contribution is 2.12. The van der Waals surface area contributed by atoms with E-state index < -0.39 is 9.84 Å². The largest absolute Gasteiger partial charge is 0.393 e. The summed E-state index contributed by atoms with van der Waals surface area (Å²) in [5.41, 5.74) is 0. The molecule has 0 saturated carbocycles. The van der Waals surface area contributed by atoms with Gasteiger partial charge < -0.3 is 5.11 Å². The minimum Gasteiger partial charge on any atom is -0.393 e. The van der Waals surface area contributed by atoms with Crippen molar-refractivity contribution in [2.75, 3.05) is 25.9 Å². The van der Waals surface area contributed by atoms with Crippen LogP contribution in [0.15, 0.2) is 11.5 Å². The standard InChI is InChI=1S/C9H17NO3S/c1-8(14(2,12)13)7-10-5-3-9(11)4-6-10/h9,11H,1,3-7H2,2H3. The van der Waals surface area contributed by atoms with Crippen molar-refractivity contribution < 1.29 is 13.5 Å². The Morgan fingerprint density at radius 1 is 1.50 bits per heavy atom. The SMILES string of the molecule is C=C(CN1CCC(O)CC1)S(C)(=O)=O. The van der Waals surface area contributed by atoms with Gasteiger partial charge in [0, 0.05) is 25.9 Å². The van der Waals surface area contributed by atoms with Gasteiger partial charge in [-0.15, -0.1) is 0 Å². The monoisotopic (exact) mass is 219 g/mol. The van der Waals surface area contributed by atoms with E-state index in [1.54, 1.807) is 0 Å². The first-order chi connectivity index (χ1) is 6.39. The average Bonchev–Trinajstić information content (AvgIpc) is 2.07. The molecule has 0 amide bonds. The van der Waals surface area contributed by atoms with Crippen LogP contribution >= 0.6 is 0 Å². The van der Waals surface area contributed by atoms with E-state index in [1.807, 2.05) is 4.90 Å². The molecular formula is C9H17NO3S. The highest BCUT2D eigenvalue weighted by molar-refractivity contribution is 7.94. The number of likely N-dealkylation sites (tertiary alicyclic amines) is 1. The smallest absolute Gasteiger partial charge is 0.172 e. The fourth-order valence-corrected chi connectivity index (χ4v) is 1.86. The third-order valence-electron chi connectivity index (χ3n) is 2.48. The maximum absolute atomic E-state index is 11.1. The molecule has 0 bridgehead atoms. The topological polar surface area (TPSA) is 57.6 Å². The molecule has 0 atom stereocenters. The highest BCUT2D eigenvalue weighted by Gasteiger charge is 2.19. The maximum atomic E-state index is 11.1. The second kappa shape index (κ2) is 4.42. The van der Waals surface area contributed by atoms with Gasteiger partial charge in [0.05, 0.1) is 11.0 Å². The van der Waals surface area contributed by atoms with E-state index in [0.29, 0.717) is 6.54 Å². The summed E-state index contributed by atoms with van der Waals surface area (Å²) < 4.78 is 22.2. The van der Waals surface area contributed by atoms with E-state index in [1.165, 1.54) is 6.26 Å². The molecule has 0 unspecified atom stereocenters. The number of hydrogen-bond donors (Lipinski definition) is 1. The molecule has 0 spiro atoms. The molecule has 1 heterocycles. The minimum atomic E-state index is -3.11. The number of sulfone groups is 1. The van der Waals surface area contributed by atoms with Gasteiger partial charge in [0.15, 0.2) is 9.84 Å². The van der Waals surface area contributed by atoms with Crippen LogP contribution in [0.3, 0.4) is 0 Å². The number of rotatable bonds is 3. The predicted molar refractivity (Wildman–Crippen MR) is 55.7 cm³/mol. The molecule has 1 fully saturated rings. The van der Waals surface area contributed by atoms with E-state index in [0.717, 1.165) is 25.9 Å². The summed E-state index contributed by atoms with van der Waals surface area (Å²) in [5, 5.41) is 9.25. The number of aliphatic hydroxyl groups excluding tert-OH is 1. The zero-order valence-electron chi connectivity index (χ0n) is 8.44. The molecule has 14 heavy (non-hydrogen) atoms.